The van der Waals surface area contributed by atoms with Gasteiger partial charge in [-0.25, -0.2) is 0 Å². The Morgan fingerprint density at radius 1 is 1.44 bits per heavy atom. The van der Waals surface area contributed by atoms with Crippen molar-refractivity contribution in [1.82, 2.24) is 5.32 Å². The number of ether oxygens (including phenoxy) is 1. The third-order valence-corrected chi connectivity index (χ3v) is 2.84. The van der Waals surface area contributed by atoms with E-state index in [-0.39, 0.29) is 5.91 Å². The van der Waals surface area contributed by atoms with Crippen molar-refractivity contribution >= 4 is 17.5 Å². The van der Waals surface area contributed by atoms with Crippen molar-refractivity contribution in [2.75, 3.05) is 13.2 Å². The highest BCUT2D eigenvalue weighted by Crippen LogP contribution is 2.20. The number of benzene rings is 1. The first-order valence-electron chi connectivity index (χ1n) is 6.14. The van der Waals surface area contributed by atoms with Crippen LogP contribution in [0.1, 0.15) is 25.8 Å². The molecule has 18 heavy (non-hydrogen) atoms. The molecular formula is C14H20ClNO2. The molecule has 1 aromatic rings. The average molecular weight is 270 g/mol. The monoisotopic (exact) mass is 269 g/mol. The molecule has 0 saturated carbocycles. The van der Waals surface area contributed by atoms with Crippen LogP contribution in [0.25, 0.3) is 0 Å². The molecule has 1 N–H and O–H groups in total. The number of hydrogen-bond donors (Lipinski definition) is 1. The van der Waals surface area contributed by atoms with E-state index in [9.17, 15) is 4.79 Å². The maximum absolute atomic E-state index is 11.4. The predicted molar refractivity (Wildman–Crippen MR) is 74.1 cm³/mol. The van der Waals surface area contributed by atoms with Gasteiger partial charge in [-0.1, -0.05) is 25.4 Å². The number of carbonyl (C=O) groups excluding carboxylic acids is 1. The molecule has 0 fully saturated rings. The molecule has 4 heteroatoms. The Morgan fingerprint density at radius 3 is 2.78 bits per heavy atom. The Morgan fingerprint density at radius 2 is 2.17 bits per heavy atom. The molecule has 0 bridgehead atoms. The summed E-state index contributed by atoms with van der Waals surface area (Å²) in [5.74, 6) is 1.22. The van der Waals surface area contributed by atoms with Crippen LogP contribution in [-0.2, 0) is 4.79 Å². The van der Waals surface area contributed by atoms with Crippen molar-refractivity contribution in [2.45, 2.75) is 27.2 Å². The van der Waals surface area contributed by atoms with E-state index in [1.54, 1.807) is 0 Å². The van der Waals surface area contributed by atoms with Crippen LogP contribution in [0.4, 0.5) is 0 Å². The van der Waals surface area contributed by atoms with Gasteiger partial charge in [-0.3, -0.25) is 4.79 Å². The van der Waals surface area contributed by atoms with Crippen LogP contribution in [0.3, 0.4) is 0 Å². The first kappa shape index (κ1) is 14.8. The minimum atomic E-state index is 0.0703. The Balaban J connectivity index is 2.25. The van der Waals surface area contributed by atoms with Crippen LogP contribution in [0, 0.1) is 12.8 Å². The van der Waals surface area contributed by atoms with E-state index in [0.717, 1.165) is 16.3 Å². The number of halogens is 1. The number of rotatable bonds is 6. The third kappa shape index (κ3) is 5.41. The van der Waals surface area contributed by atoms with E-state index in [4.69, 9.17) is 16.3 Å². The van der Waals surface area contributed by atoms with Gasteiger partial charge < -0.3 is 10.1 Å². The van der Waals surface area contributed by atoms with Gasteiger partial charge in [-0.2, -0.15) is 0 Å². The molecule has 0 aliphatic rings. The molecule has 1 amide bonds. The lowest BCUT2D eigenvalue weighted by Gasteiger charge is -2.09. The molecule has 0 spiro atoms. The second-order valence-corrected chi connectivity index (χ2v) is 5.11. The second kappa shape index (κ2) is 7.27. The summed E-state index contributed by atoms with van der Waals surface area (Å²) in [5.41, 5.74) is 0.984. The Bertz CT molecular complexity index is 405. The van der Waals surface area contributed by atoms with Crippen LogP contribution >= 0.6 is 11.6 Å². The van der Waals surface area contributed by atoms with Crippen LogP contribution in [0.15, 0.2) is 18.2 Å². The van der Waals surface area contributed by atoms with Crippen molar-refractivity contribution in [3.05, 3.63) is 28.8 Å². The lowest BCUT2D eigenvalue weighted by Crippen LogP contribution is -2.28. The number of aryl methyl sites for hydroxylation is 1. The van der Waals surface area contributed by atoms with Crippen molar-refractivity contribution < 1.29 is 9.53 Å². The van der Waals surface area contributed by atoms with E-state index in [1.165, 1.54) is 0 Å². The first-order chi connectivity index (χ1) is 8.49. The lowest BCUT2D eigenvalue weighted by atomic mass is 10.1. The summed E-state index contributed by atoms with van der Waals surface area (Å²) in [6, 6.07) is 5.52. The summed E-state index contributed by atoms with van der Waals surface area (Å²) in [7, 11) is 0. The van der Waals surface area contributed by atoms with E-state index in [1.807, 2.05) is 39.0 Å². The highest BCUT2D eigenvalue weighted by molar-refractivity contribution is 6.31. The predicted octanol–water partition coefficient (Wildman–Crippen LogP) is 3.19. The average Bonchev–Trinajstić information content (AvgIpc) is 2.28. The molecule has 0 unspecified atom stereocenters. The standard InChI is InChI=1S/C14H20ClNO2/c1-10(2)8-14(17)16-6-7-18-12-4-5-13(15)11(3)9-12/h4-5,9-10H,6-8H2,1-3H3,(H,16,17). The highest BCUT2D eigenvalue weighted by Gasteiger charge is 2.04. The fourth-order valence-electron chi connectivity index (χ4n) is 1.51. The normalized spacial score (nSPS) is 10.5. The third-order valence-electron chi connectivity index (χ3n) is 2.42. The van der Waals surface area contributed by atoms with Crippen LogP contribution < -0.4 is 10.1 Å². The fraction of sp³-hybridized carbons (Fsp3) is 0.500. The maximum atomic E-state index is 11.4. The van der Waals surface area contributed by atoms with Gasteiger partial charge >= 0.3 is 0 Å². The molecule has 0 radical (unpaired) electrons. The van der Waals surface area contributed by atoms with Gasteiger partial charge in [-0.05, 0) is 36.6 Å². The van der Waals surface area contributed by atoms with E-state index < -0.39 is 0 Å². The zero-order chi connectivity index (χ0) is 13.5. The number of carbonyl (C=O) groups is 1. The SMILES string of the molecule is Cc1cc(OCCNC(=O)CC(C)C)ccc1Cl. The van der Waals surface area contributed by atoms with Crippen LogP contribution in [0.5, 0.6) is 5.75 Å². The Hall–Kier alpha value is -1.22. The van der Waals surface area contributed by atoms with Gasteiger partial charge in [0.05, 0.1) is 6.54 Å². The molecule has 100 valence electrons. The zero-order valence-corrected chi connectivity index (χ0v) is 11.9. The van der Waals surface area contributed by atoms with Crippen LogP contribution in [-0.4, -0.2) is 19.1 Å². The first-order valence-corrected chi connectivity index (χ1v) is 6.52. The summed E-state index contributed by atoms with van der Waals surface area (Å²) in [4.78, 5) is 11.4. The topological polar surface area (TPSA) is 38.3 Å². The molecule has 0 aliphatic carbocycles. The van der Waals surface area contributed by atoms with Gasteiger partial charge in [0.25, 0.3) is 0 Å². The Kier molecular flexibility index (Phi) is 5.99. The number of amides is 1. The quantitative estimate of drug-likeness (QED) is 0.806. The van der Waals surface area contributed by atoms with E-state index in [0.29, 0.717) is 25.5 Å². The van der Waals surface area contributed by atoms with Gasteiger partial charge in [0, 0.05) is 11.4 Å². The van der Waals surface area contributed by atoms with Crippen molar-refractivity contribution in [3.63, 3.8) is 0 Å². The molecule has 0 atom stereocenters. The van der Waals surface area contributed by atoms with Gasteiger partial charge in [0.15, 0.2) is 0 Å². The van der Waals surface area contributed by atoms with Gasteiger partial charge in [0.1, 0.15) is 12.4 Å². The van der Waals surface area contributed by atoms with E-state index >= 15 is 0 Å². The summed E-state index contributed by atoms with van der Waals surface area (Å²) in [6.45, 7) is 6.96. The minimum Gasteiger partial charge on any atom is -0.492 e. The summed E-state index contributed by atoms with van der Waals surface area (Å²) >= 11 is 5.92. The summed E-state index contributed by atoms with van der Waals surface area (Å²) < 4.78 is 5.52. The largest absolute Gasteiger partial charge is 0.492 e. The smallest absolute Gasteiger partial charge is 0.220 e. The molecule has 1 rings (SSSR count). The number of nitrogens with one attached hydrogen (secondary N) is 1. The number of hydrogen-bond acceptors (Lipinski definition) is 2. The lowest BCUT2D eigenvalue weighted by molar-refractivity contribution is -0.121. The van der Waals surface area contributed by atoms with Crippen molar-refractivity contribution in [2.24, 2.45) is 5.92 Å². The van der Waals surface area contributed by atoms with Crippen LogP contribution in [0.2, 0.25) is 5.02 Å². The molecular weight excluding hydrogens is 250 g/mol. The highest BCUT2D eigenvalue weighted by atomic mass is 35.5. The molecule has 1 aromatic carbocycles. The van der Waals surface area contributed by atoms with Gasteiger partial charge in [0.2, 0.25) is 5.91 Å². The van der Waals surface area contributed by atoms with E-state index in [2.05, 4.69) is 5.32 Å². The summed E-state index contributed by atoms with van der Waals surface area (Å²) in [5, 5.41) is 3.55. The van der Waals surface area contributed by atoms with Crippen molar-refractivity contribution in [1.29, 1.82) is 0 Å². The zero-order valence-electron chi connectivity index (χ0n) is 11.1. The Labute approximate surface area is 113 Å². The van der Waals surface area contributed by atoms with Crippen molar-refractivity contribution in [3.8, 4) is 5.75 Å². The molecule has 0 aromatic heterocycles. The fourth-order valence-corrected chi connectivity index (χ4v) is 1.63. The molecule has 0 aliphatic heterocycles. The molecule has 0 saturated heterocycles. The summed E-state index contributed by atoms with van der Waals surface area (Å²) in [6.07, 6.45) is 0.556. The maximum Gasteiger partial charge on any atom is 0.220 e. The second-order valence-electron chi connectivity index (χ2n) is 4.71. The molecule has 0 heterocycles. The molecule has 3 nitrogen and oxygen atoms in total. The van der Waals surface area contributed by atoms with Gasteiger partial charge in [-0.15, -0.1) is 0 Å². The minimum absolute atomic E-state index is 0.0703.